The fourth-order valence-electron chi connectivity index (χ4n) is 3.13. The average Bonchev–Trinajstić information content (AvgIpc) is 2.62. The molecule has 0 N–H and O–H groups in total. The SMILES string of the molecule is CC(C)=CCC/C(C)=C/CC/C(C)=C/CC/C(C)=C/COC1CCCCO1. The summed E-state index contributed by atoms with van der Waals surface area (Å²) in [7, 11) is 0. The molecule has 1 saturated heterocycles. The second-order valence-corrected chi connectivity index (χ2v) is 8.18. The van der Waals surface area contributed by atoms with Crippen LogP contribution < -0.4 is 0 Å². The summed E-state index contributed by atoms with van der Waals surface area (Å²) in [5, 5.41) is 0. The van der Waals surface area contributed by atoms with E-state index in [0.717, 1.165) is 32.3 Å². The normalized spacial score (nSPS) is 19.3. The van der Waals surface area contributed by atoms with Crippen molar-refractivity contribution in [3.05, 3.63) is 46.6 Å². The molecule has 0 bridgehead atoms. The summed E-state index contributed by atoms with van der Waals surface area (Å²) in [4.78, 5) is 0. The van der Waals surface area contributed by atoms with Gasteiger partial charge in [-0.15, -0.1) is 0 Å². The lowest BCUT2D eigenvalue weighted by Crippen LogP contribution is -2.22. The summed E-state index contributed by atoms with van der Waals surface area (Å²) >= 11 is 0. The van der Waals surface area contributed by atoms with Crippen LogP contribution in [0.2, 0.25) is 0 Å². The minimum atomic E-state index is 0.0171. The van der Waals surface area contributed by atoms with Gasteiger partial charge in [0.05, 0.1) is 6.61 Å². The third-order valence-electron chi connectivity index (χ3n) is 5.01. The summed E-state index contributed by atoms with van der Waals surface area (Å²) in [6.45, 7) is 12.6. The third-order valence-corrected chi connectivity index (χ3v) is 5.01. The molecule has 1 unspecified atom stereocenters. The van der Waals surface area contributed by atoms with E-state index in [4.69, 9.17) is 9.47 Å². The van der Waals surface area contributed by atoms with Crippen LogP contribution >= 0.6 is 0 Å². The first-order chi connectivity index (χ1) is 13.0. The van der Waals surface area contributed by atoms with E-state index >= 15 is 0 Å². The van der Waals surface area contributed by atoms with Crippen LogP contribution in [0.5, 0.6) is 0 Å². The second-order valence-electron chi connectivity index (χ2n) is 8.18. The molecule has 2 heteroatoms. The molecule has 0 radical (unpaired) electrons. The molecule has 0 aliphatic carbocycles. The van der Waals surface area contributed by atoms with Gasteiger partial charge in [0.2, 0.25) is 0 Å². The van der Waals surface area contributed by atoms with Crippen LogP contribution in [0.1, 0.15) is 92.4 Å². The zero-order valence-corrected chi connectivity index (χ0v) is 18.5. The molecule has 0 amide bonds. The summed E-state index contributed by atoms with van der Waals surface area (Å²) in [5.41, 5.74) is 5.84. The Bertz CT molecular complexity index is 512. The van der Waals surface area contributed by atoms with E-state index in [-0.39, 0.29) is 6.29 Å². The number of allylic oxidation sites excluding steroid dienone is 7. The van der Waals surface area contributed by atoms with Crippen LogP contribution in [0.3, 0.4) is 0 Å². The number of ether oxygens (including phenoxy) is 2. The summed E-state index contributed by atoms with van der Waals surface area (Å²) in [6.07, 6.45) is 19.7. The Morgan fingerprint density at radius 3 is 1.85 bits per heavy atom. The van der Waals surface area contributed by atoms with Crippen molar-refractivity contribution in [2.24, 2.45) is 0 Å². The minimum Gasteiger partial charge on any atom is -0.353 e. The Morgan fingerprint density at radius 1 is 0.778 bits per heavy atom. The molecule has 0 spiro atoms. The smallest absolute Gasteiger partial charge is 0.157 e. The summed E-state index contributed by atoms with van der Waals surface area (Å²) < 4.78 is 11.4. The molecular formula is C25H42O2. The summed E-state index contributed by atoms with van der Waals surface area (Å²) in [6, 6.07) is 0. The predicted octanol–water partition coefficient (Wildman–Crippen LogP) is 7.68. The van der Waals surface area contributed by atoms with E-state index in [1.54, 1.807) is 0 Å². The van der Waals surface area contributed by atoms with Crippen molar-refractivity contribution in [2.75, 3.05) is 13.2 Å². The fraction of sp³-hybridized carbons (Fsp3) is 0.680. The Morgan fingerprint density at radius 2 is 1.33 bits per heavy atom. The van der Waals surface area contributed by atoms with Gasteiger partial charge in [-0.2, -0.15) is 0 Å². The lowest BCUT2D eigenvalue weighted by Gasteiger charge is -2.22. The van der Waals surface area contributed by atoms with Crippen molar-refractivity contribution in [1.82, 2.24) is 0 Å². The highest BCUT2D eigenvalue weighted by Crippen LogP contribution is 2.15. The van der Waals surface area contributed by atoms with Gasteiger partial charge in [0.1, 0.15) is 0 Å². The Hall–Kier alpha value is -1.12. The van der Waals surface area contributed by atoms with Crippen LogP contribution in [0.25, 0.3) is 0 Å². The Balaban J connectivity index is 2.15. The van der Waals surface area contributed by atoms with Crippen molar-refractivity contribution in [3.63, 3.8) is 0 Å². The number of hydrogen-bond acceptors (Lipinski definition) is 2. The maximum atomic E-state index is 5.77. The first-order valence-electron chi connectivity index (χ1n) is 10.8. The second kappa shape index (κ2) is 14.9. The standard InChI is InChI=1S/C25H42O2/c1-21(2)11-8-12-22(3)13-9-14-23(4)15-10-16-24(5)18-20-27-25-17-6-7-19-26-25/h11,13,15,18,25H,6-10,12,14,16-17,19-20H2,1-5H3/b22-13+,23-15+,24-18+. The van der Waals surface area contributed by atoms with E-state index < -0.39 is 0 Å². The molecular weight excluding hydrogens is 332 g/mol. The van der Waals surface area contributed by atoms with Gasteiger partial charge in [0, 0.05) is 6.61 Å². The van der Waals surface area contributed by atoms with Gasteiger partial charge in [0.25, 0.3) is 0 Å². The highest BCUT2D eigenvalue weighted by Gasteiger charge is 2.12. The van der Waals surface area contributed by atoms with Gasteiger partial charge >= 0.3 is 0 Å². The molecule has 0 aromatic carbocycles. The largest absolute Gasteiger partial charge is 0.353 e. The van der Waals surface area contributed by atoms with Gasteiger partial charge in [-0.05, 0) is 92.4 Å². The molecule has 0 aromatic rings. The lowest BCUT2D eigenvalue weighted by molar-refractivity contribution is -0.155. The third kappa shape index (κ3) is 13.7. The van der Waals surface area contributed by atoms with Crippen molar-refractivity contribution >= 4 is 0 Å². The first kappa shape index (κ1) is 23.9. The average molecular weight is 375 g/mol. The first-order valence-corrected chi connectivity index (χ1v) is 10.8. The van der Waals surface area contributed by atoms with Gasteiger partial charge < -0.3 is 9.47 Å². The molecule has 1 atom stereocenters. The van der Waals surface area contributed by atoms with E-state index in [0.29, 0.717) is 6.61 Å². The van der Waals surface area contributed by atoms with Crippen LogP contribution in [0.15, 0.2) is 46.6 Å². The Kier molecular flexibility index (Phi) is 13.2. The van der Waals surface area contributed by atoms with Crippen LogP contribution in [-0.4, -0.2) is 19.5 Å². The number of hydrogen-bond donors (Lipinski definition) is 0. The van der Waals surface area contributed by atoms with E-state index in [1.165, 1.54) is 54.4 Å². The quantitative estimate of drug-likeness (QED) is 0.326. The highest BCUT2D eigenvalue weighted by atomic mass is 16.7. The van der Waals surface area contributed by atoms with E-state index in [2.05, 4.69) is 58.9 Å². The molecule has 0 aromatic heterocycles. The summed E-state index contributed by atoms with van der Waals surface area (Å²) in [5.74, 6) is 0. The maximum Gasteiger partial charge on any atom is 0.157 e. The molecule has 1 fully saturated rings. The lowest BCUT2D eigenvalue weighted by atomic mass is 10.0. The van der Waals surface area contributed by atoms with Crippen LogP contribution in [-0.2, 0) is 9.47 Å². The molecule has 2 nitrogen and oxygen atoms in total. The highest BCUT2D eigenvalue weighted by molar-refractivity contribution is 5.07. The molecule has 154 valence electrons. The molecule has 27 heavy (non-hydrogen) atoms. The van der Waals surface area contributed by atoms with E-state index in [1.807, 2.05) is 0 Å². The van der Waals surface area contributed by atoms with Crippen molar-refractivity contribution in [3.8, 4) is 0 Å². The van der Waals surface area contributed by atoms with Crippen LogP contribution in [0.4, 0.5) is 0 Å². The maximum absolute atomic E-state index is 5.77. The van der Waals surface area contributed by atoms with Gasteiger partial charge in [0.15, 0.2) is 6.29 Å². The van der Waals surface area contributed by atoms with E-state index in [9.17, 15) is 0 Å². The predicted molar refractivity (Wildman–Crippen MR) is 118 cm³/mol. The molecule has 0 saturated carbocycles. The van der Waals surface area contributed by atoms with Crippen molar-refractivity contribution in [1.29, 1.82) is 0 Å². The van der Waals surface area contributed by atoms with Gasteiger partial charge in [-0.1, -0.05) is 46.6 Å². The van der Waals surface area contributed by atoms with Gasteiger partial charge in [-0.3, -0.25) is 0 Å². The molecule has 1 aliphatic heterocycles. The topological polar surface area (TPSA) is 18.5 Å². The monoisotopic (exact) mass is 374 g/mol. The molecule has 1 rings (SSSR count). The van der Waals surface area contributed by atoms with Gasteiger partial charge in [-0.25, -0.2) is 0 Å². The molecule has 1 aliphatic rings. The van der Waals surface area contributed by atoms with Crippen LogP contribution in [0, 0.1) is 0 Å². The van der Waals surface area contributed by atoms with Crippen molar-refractivity contribution in [2.45, 2.75) is 98.7 Å². The Labute approximate surface area is 168 Å². The zero-order chi connectivity index (χ0) is 19.9. The minimum absolute atomic E-state index is 0.0171. The molecule has 1 heterocycles. The number of rotatable bonds is 12. The fourth-order valence-corrected chi connectivity index (χ4v) is 3.13. The zero-order valence-electron chi connectivity index (χ0n) is 18.5. The van der Waals surface area contributed by atoms with Crippen molar-refractivity contribution < 1.29 is 9.47 Å².